The molecule has 2 amide bonds. The van der Waals surface area contributed by atoms with Gasteiger partial charge in [-0.1, -0.05) is 54.2 Å². The molecule has 1 aromatic heterocycles. The van der Waals surface area contributed by atoms with Gasteiger partial charge in [0.1, 0.15) is 11.0 Å². The number of amides is 2. The first-order valence-corrected chi connectivity index (χ1v) is 12.0. The Hall–Kier alpha value is -3.16. The molecule has 0 saturated carbocycles. The number of hydrogen-bond donors (Lipinski definition) is 0. The quantitative estimate of drug-likeness (QED) is 0.341. The fourth-order valence-corrected chi connectivity index (χ4v) is 6.08. The zero-order chi connectivity index (χ0) is 22.1. The molecule has 1 aliphatic rings. The molecule has 160 valence electrons. The number of thiazole rings is 1. The molecule has 0 spiro atoms. The minimum absolute atomic E-state index is 0.171. The molecule has 7 heteroatoms. The molecule has 5 nitrogen and oxygen atoms in total. The Labute approximate surface area is 194 Å². The summed E-state index contributed by atoms with van der Waals surface area (Å²) < 4.78 is 7.34. The lowest BCUT2D eigenvalue weighted by atomic mass is 10.1. The summed E-state index contributed by atoms with van der Waals surface area (Å²) in [6.07, 6.45) is 0.171. The molecule has 32 heavy (non-hydrogen) atoms. The van der Waals surface area contributed by atoms with Crippen molar-refractivity contribution in [3.63, 3.8) is 0 Å². The summed E-state index contributed by atoms with van der Waals surface area (Å²) in [5.74, 6) is 0.430. The second kappa shape index (κ2) is 8.76. The van der Waals surface area contributed by atoms with Crippen LogP contribution in [0.25, 0.3) is 21.3 Å². The summed E-state index contributed by atoms with van der Waals surface area (Å²) in [4.78, 5) is 31.7. The Balaban J connectivity index is 1.33. The van der Waals surface area contributed by atoms with Gasteiger partial charge in [-0.3, -0.25) is 9.59 Å². The van der Waals surface area contributed by atoms with Gasteiger partial charge in [0.05, 0.1) is 22.5 Å². The smallest absolute Gasteiger partial charge is 0.247 e. The van der Waals surface area contributed by atoms with E-state index in [0.717, 1.165) is 31.4 Å². The normalized spacial score (nSPS) is 16.2. The van der Waals surface area contributed by atoms with Gasteiger partial charge in [-0.2, -0.15) is 0 Å². The Morgan fingerprint density at radius 1 is 1.03 bits per heavy atom. The zero-order valence-corrected chi connectivity index (χ0v) is 19.0. The zero-order valence-electron chi connectivity index (χ0n) is 17.4. The summed E-state index contributed by atoms with van der Waals surface area (Å²) in [6.45, 7) is 2.55. The van der Waals surface area contributed by atoms with Crippen molar-refractivity contribution in [3.8, 4) is 16.9 Å². The number of nitrogens with zero attached hydrogens (tertiary/aromatic N) is 2. The number of anilines is 1. The highest BCUT2D eigenvalue weighted by molar-refractivity contribution is 8.02. The van der Waals surface area contributed by atoms with E-state index in [0.29, 0.717) is 12.3 Å². The molecular weight excluding hydrogens is 440 g/mol. The molecule has 1 aliphatic heterocycles. The number of thioether (sulfide) groups is 1. The first kappa shape index (κ1) is 20.7. The van der Waals surface area contributed by atoms with Crippen LogP contribution in [0.4, 0.5) is 5.69 Å². The van der Waals surface area contributed by atoms with Crippen LogP contribution in [0.3, 0.4) is 0 Å². The third kappa shape index (κ3) is 4.01. The number of carbonyl (C=O) groups excluding carboxylic acids is 2. The van der Waals surface area contributed by atoms with Gasteiger partial charge in [-0.25, -0.2) is 9.88 Å². The van der Waals surface area contributed by atoms with Gasteiger partial charge >= 0.3 is 0 Å². The van der Waals surface area contributed by atoms with Crippen molar-refractivity contribution < 1.29 is 14.3 Å². The van der Waals surface area contributed by atoms with E-state index >= 15 is 0 Å². The van der Waals surface area contributed by atoms with Gasteiger partial charge in [0, 0.05) is 6.42 Å². The first-order valence-electron chi connectivity index (χ1n) is 10.3. The van der Waals surface area contributed by atoms with Crippen molar-refractivity contribution in [1.29, 1.82) is 0 Å². The SMILES string of the molecule is CCOc1ccc2nc(S[C@H]3CC(=O)N(c4ccc(-c5ccccc5)cc4)C3=O)sc2c1. The van der Waals surface area contributed by atoms with Crippen molar-refractivity contribution in [1.82, 2.24) is 4.98 Å². The molecule has 2 heterocycles. The van der Waals surface area contributed by atoms with Crippen LogP contribution in [0.2, 0.25) is 0 Å². The van der Waals surface area contributed by atoms with E-state index in [1.54, 1.807) is 0 Å². The van der Waals surface area contributed by atoms with E-state index in [4.69, 9.17) is 4.74 Å². The third-order valence-electron chi connectivity index (χ3n) is 5.23. The molecule has 0 N–H and O–H groups in total. The Kier molecular flexibility index (Phi) is 5.68. The van der Waals surface area contributed by atoms with Gasteiger partial charge in [0.2, 0.25) is 11.8 Å². The predicted molar refractivity (Wildman–Crippen MR) is 129 cm³/mol. The van der Waals surface area contributed by atoms with E-state index in [-0.39, 0.29) is 18.2 Å². The summed E-state index contributed by atoms with van der Waals surface area (Å²) in [7, 11) is 0. The molecule has 0 bridgehead atoms. The fraction of sp³-hybridized carbons (Fsp3) is 0.160. The lowest BCUT2D eigenvalue weighted by molar-refractivity contribution is -0.121. The van der Waals surface area contributed by atoms with Gasteiger partial charge < -0.3 is 4.74 Å². The number of benzene rings is 3. The lowest BCUT2D eigenvalue weighted by Gasteiger charge is -2.15. The van der Waals surface area contributed by atoms with E-state index in [9.17, 15) is 9.59 Å². The number of rotatable bonds is 6. The molecule has 4 aromatic rings. The number of hydrogen-bond acceptors (Lipinski definition) is 6. The number of imide groups is 1. The van der Waals surface area contributed by atoms with Crippen molar-refractivity contribution in [2.45, 2.75) is 22.9 Å². The van der Waals surface area contributed by atoms with E-state index in [1.807, 2.05) is 79.7 Å². The Bertz CT molecular complexity index is 1290. The van der Waals surface area contributed by atoms with Crippen molar-refractivity contribution in [2.24, 2.45) is 0 Å². The predicted octanol–water partition coefficient (Wildman–Crippen LogP) is 5.79. The molecule has 1 fully saturated rings. The molecule has 1 atom stereocenters. The second-order valence-corrected chi connectivity index (χ2v) is 9.81. The minimum atomic E-state index is -0.469. The van der Waals surface area contributed by atoms with Crippen molar-refractivity contribution in [2.75, 3.05) is 11.5 Å². The number of fused-ring (bicyclic) bond motifs is 1. The van der Waals surface area contributed by atoms with E-state index in [2.05, 4.69) is 4.98 Å². The molecule has 0 aliphatic carbocycles. The van der Waals surface area contributed by atoms with Gasteiger partial charge in [0.15, 0.2) is 4.34 Å². The average Bonchev–Trinajstić information content (AvgIpc) is 3.34. The first-order chi connectivity index (χ1) is 15.6. The Morgan fingerprint density at radius 2 is 1.78 bits per heavy atom. The molecule has 1 saturated heterocycles. The maximum Gasteiger partial charge on any atom is 0.247 e. The average molecular weight is 461 g/mol. The highest BCUT2D eigenvalue weighted by atomic mass is 32.2. The van der Waals surface area contributed by atoms with Crippen LogP contribution in [0, 0.1) is 0 Å². The fourth-order valence-electron chi connectivity index (χ4n) is 3.71. The molecular formula is C25H20N2O3S2. The number of aromatic nitrogens is 1. The second-order valence-electron chi connectivity index (χ2n) is 7.33. The molecule has 0 radical (unpaired) electrons. The van der Waals surface area contributed by atoms with Crippen LogP contribution in [0.15, 0.2) is 77.1 Å². The topological polar surface area (TPSA) is 59.5 Å². The van der Waals surface area contributed by atoms with E-state index in [1.165, 1.54) is 28.0 Å². The number of carbonyl (C=O) groups is 2. The summed E-state index contributed by atoms with van der Waals surface area (Å²) in [6, 6.07) is 23.3. The molecule has 5 rings (SSSR count). The van der Waals surface area contributed by atoms with Crippen molar-refractivity contribution >= 4 is 50.8 Å². The van der Waals surface area contributed by atoms with Gasteiger partial charge in [-0.15, -0.1) is 11.3 Å². The standard InChI is InChI=1S/C25H20N2O3S2/c1-2-30-19-12-13-20-21(14-19)31-25(26-20)32-22-15-23(28)27(24(22)29)18-10-8-17(9-11-18)16-6-4-3-5-7-16/h3-14,22H,2,15H2,1H3/t22-/m0/s1. The van der Waals surface area contributed by atoms with Crippen LogP contribution in [0.5, 0.6) is 5.75 Å². The highest BCUT2D eigenvalue weighted by Crippen LogP contribution is 2.38. The van der Waals surface area contributed by atoms with Gasteiger partial charge in [0.25, 0.3) is 0 Å². The van der Waals surface area contributed by atoms with Gasteiger partial charge in [-0.05, 0) is 48.4 Å². The summed E-state index contributed by atoms with van der Waals surface area (Å²) in [5.41, 5.74) is 3.61. The van der Waals surface area contributed by atoms with Crippen LogP contribution >= 0.6 is 23.1 Å². The maximum absolute atomic E-state index is 13.1. The summed E-state index contributed by atoms with van der Waals surface area (Å²) in [5, 5.41) is -0.469. The van der Waals surface area contributed by atoms with Crippen LogP contribution in [-0.2, 0) is 9.59 Å². The van der Waals surface area contributed by atoms with Crippen molar-refractivity contribution in [3.05, 3.63) is 72.8 Å². The molecule has 3 aromatic carbocycles. The Morgan fingerprint density at radius 3 is 2.53 bits per heavy atom. The highest BCUT2D eigenvalue weighted by Gasteiger charge is 2.40. The maximum atomic E-state index is 13.1. The van der Waals surface area contributed by atoms with Crippen LogP contribution in [-0.4, -0.2) is 28.7 Å². The minimum Gasteiger partial charge on any atom is -0.494 e. The lowest BCUT2D eigenvalue weighted by Crippen LogP contribution is -2.31. The summed E-state index contributed by atoms with van der Waals surface area (Å²) >= 11 is 2.87. The van der Waals surface area contributed by atoms with Crippen LogP contribution < -0.4 is 9.64 Å². The number of ether oxygens (including phenoxy) is 1. The third-order valence-corrected chi connectivity index (χ3v) is 7.53. The monoisotopic (exact) mass is 460 g/mol. The largest absolute Gasteiger partial charge is 0.494 e. The van der Waals surface area contributed by atoms with Crippen LogP contribution in [0.1, 0.15) is 13.3 Å². The van der Waals surface area contributed by atoms with E-state index < -0.39 is 5.25 Å². The molecule has 0 unspecified atom stereocenters.